The van der Waals surface area contributed by atoms with Gasteiger partial charge in [0.25, 0.3) is 0 Å². The monoisotopic (exact) mass is 328 g/mol. The predicted octanol–water partition coefficient (Wildman–Crippen LogP) is 2.56. The van der Waals surface area contributed by atoms with E-state index in [0.29, 0.717) is 22.6 Å². The van der Waals surface area contributed by atoms with Crippen molar-refractivity contribution in [3.05, 3.63) is 72.1 Å². The molecule has 124 valence electrons. The number of primary amides is 1. The van der Waals surface area contributed by atoms with Gasteiger partial charge in [0, 0.05) is 5.69 Å². The Morgan fingerprint density at radius 2 is 2.04 bits per heavy atom. The Bertz CT molecular complexity index is 775. The van der Waals surface area contributed by atoms with Gasteiger partial charge in [-0.3, -0.25) is 9.59 Å². The van der Waals surface area contributed by atoms with Gasteiger partial charge >= 0.3 is 0 Å². The largest absolute Gasteiger partial charge is 0.489 e. The smallest absolute Gasteiger partial charge is 0.247 e. The Hall–Kier alpha value is -3.15. The second-order valence-electron chi connectivity index (χ2n) is 5.07. The number of rotatable bonds is 7. The molecule has 0 heterocycles. The summed E-state index contributed by atoms with van der Waals surface area (Å²) in [6, 6.07) is 10.9. The van der Waals surface area contributed by atoms with Crippen LogP contribution in [0, 0.1) is 5.82 Å². The van der Waals surface area contributed by atoms with Crippen molar-refractivity contribution in [2.24, 2.45) is 5.73 Å². The molecule has 2 amide bonds. The Kier molecular flexibility index (Phi) is 5.68. The maximum atomic E-state index is 13.2. The molecule has 2 aromatic rings. The van der Waals surface area contributed by atoms with Gasteiger partial charge in [0.2, 0.25) is 11.8 Å². The third-order valence-electron chi connectivity index (χ3n) is 3.18. The van der Waals surface area contributed by atoms with E-state index in [2.05, 4.69) is 11.9 Å². The predicted molar refractivity (Wildman–Crippen MR) is 88.9 cm³/mol. The Morgan fingerprint density at radius 1 is 1.25 bits per heavy atom. The molecule has 0 radical (unpaired) electrons. The number of benzene rings is 2. The number of ether oxygens (including phenoxy) is 1. The van der Waals surface area contributed by atoms with E-state index in [4.69, 9.17) is 10.5 Å². The normalized spacial score (nSPS) is 10.0. The molecule has 0 atom stereocenters. The van der Waals surface area contributed by atoms with E-state index in [0.717, 1.165) is 6.08 Å². The van der Waals surface area contributed by atoms with E-state index in [1.807, 2.05) is 0 Å². The van der Waals surface area contributed by atoms with Crippen LogP contribution in [0.5, 0.6) is 5.75 Å². The van der Waals surface area contributed by atoms with E-state index in [1.165, 1.54) is 12.1 Å². The summed E-state index contributed by atoms with van der Waals surface area (Å²) in [6.45, 7) is 3.55. The second kappa shape index (κ2) is 7.92. The zero-order valence-electron chi connectivity index (χ0n) is 12.9. The molecule has 0 aromatic heterocycles. The van der Waals surface area contributed by atoms with Gasteiger partial charge in [-0.1, -0.05) is 18.7 Å². The van der Waals surface area contributed by atoms with Crippen molar-refractivity contribution in [1.29, 1.82) is 0 Å². The number of nitrogens with one attached hydrogen (secondary N) is 1. The van der Waals surface area contributed by atoms with Crippen LogP contribution in [0.2, 0.25) is 0 Å². The first kappa shape index (κ1) is 17.2. The third-order valence-corrected chi connectivity index (χ3v) is 3.18. The molecule has 24 heavy (non-hydrogen) atoms. The van der Waals surface area contributed by atoms with Crippen molar-refractivity contribution in [3.8, 4) is 5.75 Å². The molecular weight excluding hydrogens is 311 g/mol. The highest BCUT2D eigenvalue weighted by Crippen LogP contribution is 2.24. The van der Waals surface area contributed by atoms with Crippen LogP contribution in [-0.2, 0) is 22.6 Å². The molecule has 2 rings (SSSR count). The molecule has 0 aliphatic rings. The molecule has 0 spiro atoms. The van der Waals surface area contributed by atoms with Crippen LogP contribution >= 0.6 is 0 Å². The van der Waals surface area contributed by atoms with Crippen molar-refractivity contribution in [2.45, 2.75) is 13.0 Å². The van der Waals surface area contributed by atoms with Crippen molar-refractivity contribution in [3.63, 3.8) is 0 Å². The number of carbonyl (C=O) groups is 2. The molecule has 0 fully saturated rings. The van der Waals surface area contributed by atoms with Gasteiger partial charge in [-0.05, 0) is 47.5 Å². The quantitative estimate of drug-likeness (QED) is 0.767. The van der Waals surface area contributed by atoms with Gasteiger partial charge in [0.15, 0.2) is 0 Å². The standard InChI is InChI=1S/C18H17FN2O3/c1-2-18(23)21-16-7-6-15(9-13(16)10-17(20)22)24-11-12-4-3-5-14(19)8-12/h2-9H,1,10-11H2,(H2,20,22)(H,21,23). The summed E-state index contributed by atoms with van der Waals surface area (Å²) >= 11 is 0. The lowest BCUT2D eigenvalue weighted by atomic mass is 10.1. The van der Waals surface area contributed by atoms with Gasteiger partial charge in [-0.15, -0.1) is 0 Å². The summed E-state index contributed by atoms with van der Waals surface area (Å²) in [7, 11) is 0. The zero-order chi connectivity index (χ0) is 17.5. The average Bonchev–Trinajstić information content (AvgIpc) is 2.54. The second-order valence-corrected chi connectivity index (χ2v) is 5.07. The van der Waals surface area contributed by atoms with E-state index in [9.17, 15) is 14.0 Å². The van der Waals surface area contributed by atoms with Gasteiger partial charge < -0.3 is 15.8 Å². The van der Waals surface area contributed by atoms with Crippen LogP contribution < -0.4 is 15.8 Å². The number of nitrogens with two attached hydrogens (primary N) is 1. The maximum absolute atomic E-state index is 13.2. The first-order chi connectivity index (χ1) is 11.5. The van der Waals surface area contributed by atoms with Gasteiger partial charge in [0.1, 0.15) is 18.2 Å². The summed E-state index contributed by atoms with van der Waals surface area (Å²) in [5, 5.41) is 2.60. The van der Waals surface area contributed by atoms with Crippen LogP contribution in [-0.4, -0.2) is 11.8 Å². The lowest BCUT2D eigenvalue weighted by Crippen LogP contribution is -2.16. The Morgan fingerprint density at radius 3 is 2.71 bits per heavy atom. The number of amides is 2. The van der Waals surface area contributed by atoms with Gasteiger partial charge in [-0.25, -0.2) is 4.39 Å². The SMILES string of the molecule is C=CC(=O)Nc1ccc(OCc2cccc(F)c2)cc1CC(N)=O. The number of hydrogen-bond acceptors (Lipinski definition) is 3. The molecule has 0 aliphatic carbocycles. The van der Waals surface area contributed by atoms with Gasteiger partial charge in [0.05, 0.1) is 6.42 Å². The Balaban J connectivity index is 2.16. The van der Waals surface area contributed by atoms with E-state index in [1.54, 1.807) is 30.3 Å². The lowest BCUT2D eigenvalue weighted by Gasteiger charge is -2.12. The summed E-state index contributed by atoms with van der Waals surface area (Å²) in [4.78, 5) is 22.6. The molecule has 0 aliphatic heterocycles. The minimum atomic E-state index is -0.536. The molecule has 3 N–H and O–H groups in total. The fraction of sp³-hybridized carbons (Fsp3) is 0.111. The van der Waals surface area contributed by atoms with E-state index in [-0.39, 0.29) is 18.8 Å². The van der Waals surface area contributed by atoms with Crippen LogP contribution in [0.15, 0.2) is 55.1 Å². The molecule has 0 bridgehead atoms. The highest BCUT2D eigenvalue weighted by Gasteiger charge is 2.10. The summed E-state index contributed by atoms with van der Waals surface area (Å²) < 4.78 is 18.8. The summed E-state index contributed by atoms with van der Waals surface area (Å²) in [6.07, 6.45) is 1.08. The molecule has 0 unspecified atom stereocenters. The molecule has 2 aromatic carbocycles. The van der Waals surface area contributed by atoms with Crippen LogP contribution in [0.3, 0.4) is 0 Å². The number of carbonyl (C=O) groups excluding carboxylic acids is 2. The van der Waals surface area contributed by atoms with Crippen molar-refractivity contribution < 1.29 is 18.7 Å². The fourth-order valence-electron chi connectivity index (χ4n) is 2.09. The molecule has 0 saturated heterocycles. The highest BCUT2D eigenvalue weighted by atomic mass is 19.1. The number of anilines is 1. The van der Waals surface area contributed by atoms with Gasteiger partial charge in [-0.2, -0.15) is 0 Å². The first-order valence-corrected chi connectivity index (χ1v) is 7.20. The average molecular weight is 328 g/mol. The fourth-order valence-corrected chi connectivity index (χ4v) is 2.09. The van der Waals surface area contributed by atoms with E-state index < -0.39 is 11.8 Å². The summed E-state index contributed by atoms with van der Waals surface area (Å²) in [5.41, 5.74) is 6.89. The van der Waals surface area contributed by atoms with Crippen molar-refractivity contribution in [1.82, 2.24) is 0 Å². The number of hydrogen-bond donors (Lipinski definition) is 2. The van der Waals surface area contributed by atoms with E-state index >= 15 is 0 Å². The minimum absolute atomic E-state index is 0.0517. The Labute approximate surface area is 138 Å². The maximum Gasteiger partial charge on any atom is 0.247 e. The molecular formula is C18H17FN2O3. The minimum Gasteiger partial charge on any atom is -0.489 e. The summed E-state index contributed by atoms with van der Waals surface area (Å²) in [5.74, 6) is -0.791. The van der Waals surface area contributed by atoms with Crippen LogP contribution in [0.25, 0.3) is 0 Å². The lowest BCUT2D eigenvalue weighted by molar-refractivity contribution is -0.117. The van der Waals surface area contributed by atoms with Crippen LogP contribution in [0.1, 0.15) is 11.1 Å². The molecule has 0 saturated carbocycles. The molecule has 5 nitrogen and oxygen atoms in total. The highest BCUT2D eigenvalue weighted by molar-refractivity contribution is 5.99. The topological polar surface area (TPSA) is 81.4 Å². The third kappa shape index (κ3) is 4.95. The van der Waals surface area contributed by atoms with Crippen molar-refractivity contribution >= 4 is 17.5 Å². The zero-order valence-corrected chi connectivity index (χ0v) is 12.9. The first-order valence-electron chi connectivity index (χ1n) is 7.20. The van der Waals surface area contributed by atoms with Crippen molar-refractivity contribution in [2.75, 3.05) is 5.32 Å². The van der Waals surface area contributed by atoms with Crippen LogP contribution in [0.4, 0.5) is 10.1 Å². The molecule has 6 heteroatoms. The number of halogens is 1.